The molecule has 0 aromatic heterocycles. The van der Waals surface area contributed by atoms with Crippen molar-refractivity contribution in [2.45, 2.75) is 0 Å². The van der Waals surface area contributed by atoms with E-state index in [1.165, 1.54) is 10.6 Å². The van der Waals surface area contributed by atoms with Crippen LogP contribution in [-0.2, 0) is 0 Å². The lowest BCUT2D eigenvalue weighted by Crippen LogP contribution is -2.02. The average Bonchev–Trinajstić information content (AvgIpc) is 2.31. The molecule has 2 rings (SSSR count). The summed E-state index contributed by atoms with van der Waals surface area (Å²) < 4.78 is 5.12. The highest BCUT2D eigenvalue weighted by Gasteiger charge is 1.95. The van der Waals surface area contributed by atoms with Gasteiger partial charge in [-0.2, -0.15) is 0 Å². The Labute approximate surface area is 91.9 Å². The molecule has 15 heavy (non-hydrogen) atoms. The van der Waals surface area contributed by atoms with E-state index in [1.807, 2.05) is 18.2 Å². The lowest BCUT2D eigenvalue weighted by atomic mass is 10.3. The first-order valence-electron chi connectivity index (χ1n) is 4.84. The molecule has 0 fully saturated rings. The quantitative estimate of drug-likeness (QED) is 0.715. The van der Waals surface area contributed by atoms with Gasteiger partial charge in [0, 0.05) is 0 Å². The maximum Gasteiger partial charge on any atom is 0.118 e. The van der Waals surface area contributed by atoms with E-state index in [0.717, 1.165) is 14.3 Å². The van der Waals surface area contributed by atoms with Crippen LogP contribution in [0.4, 0.5) is 0 Å². The number of hydrogen-bond donors (Lipinski definition) is 0. The Morgan fingerprint density at radius 2 is 1.40 bits per heavy atom. The standard InChI is InChI=1S/C13H13OP/c1-14-11-7-9-13(10-8-11)15-12-5-3-2-4-6-12/h2-10,15H,1H3. The highest BCUT2D eigenvalue weighted by atomic mass is 31.1. The molecule has 1 unspecified atom stereocenters. The number of hydrogen-bond acceptors (Lipinski definition) is 1. The lowest BCUT2D eigenvalue weighted by molar-refractivity contribution is 0.415. The summed E-state index contributed by atoms with van der Waals surface area (Å²) in [5, 5.41) is 2.70. The molecule has 2 aromatic carbocycles. The Bertz CT molecular complexity index is 408. The summed E-state index contributed by atoms with van der Waals surface area (Å²) in [5.74, 6) is 0.914. The molecule has 2 heteroatoms. The number of benzene rings is 2. The predicted molar refractivity (Wildman–Crippen MR) is 67.0 cm³/mol. The first-order valence-corrected chi connectivity index (χ1v) is 5.84. The maximum atomic E-state index is 5.12. The Hall–Kier alpha value is -1.33. The molecule has 2 aromatic rings. The van der Waals surface area contributed by atoms with Crippen LogP contribution in [0.3, 0.4) is 0 Å². The summed E-state index contributed by atoms with van der Waals surface area (Å²) in [6, 6.07) is 18.7. The van der Waals surface area contributed by atoms with E-state index in [0.29, 0.717) is 0 Å². The molecule has 0 bridgehead atoms. The van der Waals surface area contributed by atoms with Gasteiger partial charge in [-0.1, -0.05) is 51.0 Å². The summed E-state index contributed by atoms with van der Waals surface area (Å²) in [7, 11) is 2.41. The zero-order valence-electron chi connectivity index (χ0n) is 8.60. The SMILES string of the molecule is COc1ccc(Pc2ccccc2)cc1. The van der Waals surface area contributed by atoms with Crippen molar-refractivity contribution >= 4 is 19.2 Å². The fourth-order valence-corrected chi connectivity index (χ4v) is 2.39. The summed E-state index contributed by atoms with van der Waals surface area (Å²) in [4.78, 5) is 0. The van der Waals surface area contributed by atoms with Crippen molar-refractivity contribution in [3.63, 3.8) is 0 Å². The first-order chi connectivity index (χ1) is 7.38. The molecule has 0 saturated carbocycles. The molecule has 0 aliphatic carbocycles. The number of rotatable bonds is 3. The Kier molecular flexibility index (Phi) is 3.37. The highest BCUT2D eigenvalue weighted by molar-refractivity contribution is 7.55. The predicted octanol–water partition coefficient (Wildman–Crippen LogP) is 2.32. The summed E-state index contributed by atoms with van der Waals surface area (Å²) in [6.07, 6.45) is 0. The van der Waals surface area contributed by atoms with Crippen LogP contribution < -0.4 is 15.3 Å². The van der Waals surface area contributed by atoms with E-state index in [9.17, 15) is 0 Å². The van der Waals surface area contributed by atoms with Crippen LogP contribution in [0.25, 0.3) is 0 Å². The minimum atomic E-state index is 0.719. The van der Waals surface area contributed by atoms with Crippen LogP contribution in [0.1, 0.15) is 0 Å². The van der Waals surface area contributed by atoms with Gasteiger partial charge in [-0.25, -0.2) is 0 Å². The molecule has 0 radical (unpaired) electrons. The Morgan fingerprint density at radius 3 is 2.00 bits per heavy atom. The van der Waals surface area contributed by atoms with Gasteiger partial charge in [0.05, 0.1) is 7.11 Å². The Morgan fingerprint density at radius 1 is 0.800 bits per heavy atom. The summed E-state index contributed by atoms with van der Waals surface area (Å²) >= 11 is 0. The van der Waals surface area contributed by atoms with E-state index >= 15 is 0 Å². The second-order valence-electron chi connectivity index (χ2n) is 3.22. The zero-order chi connectivity index (χ0) is 10.5. The van der Waals surface area contributed by atoms with Crippen molar-refractivity contribution in [1.29, 1.82) is 0 Å². The van der Waals surface area contributed by atoms with Gasteiger partial charge in [0.1, 0.15) is 5.75 Å². The van der Waals surface area contributed by atoms with Crippen molar-refractivity contribution < 1.29 is 4.74 Å². The average molecular weight is 216 g/mol. The summed E-state index contributed by atoms with van der Waals surface area (Å²) in [6.45, 7) is 0. The normalized spacial score (nSPS) is 10.7. The topological polar surface area (TPSA) is 9.23 Å². The van der Waals surface area contributed by atoms with Crippen LogP contribution >= 0.6 is 8.58 Å². The van der Waals surface area contributed by atoms with Crippen LogP contribution in [0.15, 0.2) is 54.6 Å². The van der Waals surface area contributed by atoms with Gasteiger partial charge in [0.2, 0.25) is 0 Å². The van der Waals surface area contributed by atoms with Crippen molar-refractivity contribution in [2.24, 2.45) is 0 Å². The second-order valence-corrected chi connectivity index (χ2v) is 4.62. The molecule has 76 valence electrons. The number of ether oxygens (including phenoxy) is 1. The van der Waals surface area contributed by atoms with Gasteiger partial charge in [0.15, 0.2) is 0 Å². The van der Waals surface area contributed by atoms with Gasteiger partial charge in [-0.05, 0) is 22.7 Å². The van der Waals surface area contributed by atoms with Crippen LogP contribution in [0.2, 0.25) is 0 Å². The van der Waals surface area contributed by atoms with Crippen LogP contribution in [0.5, 0.6) is 5.75 Å². The summed E-state index contributed by atoms with van der Waals surface area (Å²) in [5.41, 5.74) is 0. The molecule has 1 nitrogen and oxygen atoms in total. The first kappa shape index (κ1) is 10.2. The van der Waals surface area contributed by atoms with Crippen molar-refractivity contribution in [1.82, 2.24) is 0 Å². The zero-order valence-corrected chi connectivity index (χ0v) is 9.60. The smallest absolute Gasteiger partial charge is 0.118 e. The Balaban J connectivity index is 2.11. The van der Waals surface area contributed by atoms with E-state index < -0.39 is 0 Å². The fraction of sp³-hybridized carbons (Fsp3) is 0.0769. The largest absolute Gasteiger partial charge is 0.497 e. The molecular weight excluding hydrogens is 203 g/mol. The minimum Gasteiger partial charge on any atom is -0.497 e. The molecule has 0 saturated heterocycles. The van der Waals surface area contributed by atoms with Gasteiger partial charge in [-0.3, -0.25) is 0 Å². The van der Waals surface area contributed by atoms with E-state index in [1.54, 1.807) is 7.11 Å². The van der Waals surface area contributed by atoms with Gasteiger partial charge >= 0.3 is 0 Å². The lowest BCUT2D eigenvalue weighted by Gasteiger charge is -2.03. The van der Waals surface area contributed by atoms with Crippen molar-refractivity contribution in [2.75, 3.05) is 7.11 Å². The molecular formula is C13H13OP. The van der Waals surface area contributed by atoms with Crippen LogP contribution in [-0.4, -0.2) is 7.11 Å². The third-order valence-electron chi connectivity index (χ3n) is 2.15. The minimum absolute atomic E-state index is 0.719. The van der Waals surface area contributed by atoms with Crippen molar-refractivity contribution in [3.05, 3.63) is 54.6 Å². The molecule has 0 amide bonds. The fourth-order valence-electron chi connectivity index (χ4n) is 1.36. The number of methoxy groups -OCH3 is 1. The van der Waals surface area contributed by atoms with E-state index in [-0.39, 0.29) is 0 Å². The van der Waals surface area contributed by atoms with Gasteiger partial charge in [0.25, 0.3) is 0 Å². The van der Waals surface area contributed by atoms with Crippen LogP contribution in [0, 0.1) is 0 Å². The van der Waals surface area contributed by atoms with E-state index in [4.69, 9.17) is 4.74 Å². The van der Waals surface area contributed by atoms with E-state index in [2.05, 4.69) is 36.4 Å². The molecule has 0 heterocycles. The third-order valence-corrected chi connectivity index (χ3v) is 3.40. The second kappa shape index (κ2) is 4.95. The molecule has 1 atom stereocenters. The molecule has 0 spiro atoms. The highest BCUT2D eigenvalue weighted by Crippen LogP contribution is 2.13. The van der Waals surface area contributed by atoms with Gasteiger partial charge in [-0.15, -0.1) is 0 Å². The van der Waals surface area contributed by atoms with Gasteiger partial charge < -0.3 is 4.74 Å². The maximum absolute atomic E-state index is 5.12. The molecule has 0 aliphatic heterocycles. The monoisotopic (exact) mass is 216 g/mol. The molecule has 0 aliphatic rings. The van der Waals surface area contributed by atoms with Crippen molar-refractivity contribution in [3.8, 4) is 5.75 Å². The third kappa shape index (κ3) is 2.81. The molecule has 0 N–H and O–H groups in total.